The van der Waals surface area contributed by atoms with Crippen LogP contribution in [-0.4, -0.2) is 60.9 Å². The molecule has 35 heavy (non-hydrogen) atoms. The summed E-state index contributed by atoms with van der Waals surface area (Å²) < 4.78 is 11.2. The van der Waals surface area contributed by atoms with E-state index in [-0.39, 0.29) is 28.3 Å². The third kappa shape index (κ3) is 4.71. The van der Waals surface area contributed by atoms with E-state index in [1.807, 2.05) is 0 Å². The van der Waals surface area contributed by atoms with Gasteiger partial charge in [0, 0.05) is 51.4 Å². The molecule has 2 aromatic heterocycles. The van der Waals surface area contributed by atoms with Crippen LogP contribution in [0.2, 0.25) is 0 Å². The van der Waals surface area contributed by atoms with Gasteiger partial charge in [-0.05, 0) is 24.3 Å². The highest BCUT2D eigenvalue weighted by atomic mass is 16.3. The number of hydrogen-bond donors (Lipinski definition) is 1. The maximum atomic E-state index is 12.9. The molecule has 1 fully saturated rings. The van der Waals surface area contributed by atoms with Crippen molar-refractivity contribution in [3.05, 3.63) is 92.6 Å². The number of nitrogens with zero attached hydrogens (tertiary/aromatic N) is 2. The molecule has 1 N–H and O–H groups in total. The molecular weight excluding hydrogens is 450 g/mol. The van der Waals surface area contributed by atoms with Crippen molar-refractivity contribution >= 4 is 33.8 Å². The van der Waals surface area contributed by atoms with Gasteiger partial charge in [-0.15, -0.1) is 0 Å². The van der Waals surface area contributed by atoms with Crippen LogP contribution in [0.15, 0.2) is 79.1 Å². The predicted octanol–water partition coefficient (Wildman–Crippen LogP) is 2.09. The molecule has 0 atom stereocenters. The van der Waals surface area contributed by atoms with Crippen molar-refractivity contribution in [1.29, 1.82) is 0 Å². The van der Waals surface area contributed by atoms with Crippen molar-refractivity contribution in [3.63, 3.8) is 0 Å². The van der Waals surface area contributed by atoms with Gasteiger partial charge in [0.05, 0.1) is 10.8 Å². The molecule has 9 nitrogen and oxygen atoms in total. The average molecular weight is 473 g/mol. The molecule has 3 heterocycles. The first-order valence-corrected chi connectivity index (χ1v) is 11.4. The first-order chi connectivity index (χ1) is 17.0. The Morgan fingerprint density at radius 3 is 1.94 bits per heavy atom. The van der Waals surface area contributed by atoms with Gasteiger partial charge in [0.1, 0.15) is 11.2 Å². The zero-order valence-corrected chi connectivity index (χ0v) is 18.9. The maximum Gasteiger partial charge on any atom is 0.289 e. The molecule has 1 aliphatic rings. The third-order valence-corrected chi connectivity index (χ3v) is 6.08. The minimum absolute atomic E-state index is 0.0269. The van der Waals surface area contributed by atoms with E-state index in [2.05, 4.69) is 10.2 Å². The van der Waals surface area contributed by atoms with Crippen molar-refractivity contribution in [2.45, 2.75) is 0 Å². The van der Waals surface area contributed by atoms with Crippen LogP contribution in [-0.2, 0) is 0 Å². The molecule has 0 radical (unpaired) electrons. The first-order valence-electron chi connectivity index (χ1n) is 11.4. The average Bonchev–Trinajstić information content (AvgIpc) is 2.88. The molecule has 0 aliphatic carbocycles. The number of nitrogens with one attached hydrogen (secondary N) is 1. The molecule has 0 unspecified atom stereocenters. The fourth-order valence-corrected chi connectivity index (χ4v) is 4.17. The predicted molar refractivity (Wildman–Crippen MR) is 130 cm³/mol. The second-order valence-corrected chi connectivity index (χ2v) is 8.33. The Hall–Kier alpha value is -4.24. The Morgan fingerprint density at radius 1 is 0.771 bits per heavy atom. The van der Waals surface area contributed by atoms with Crippen LogP contribution in [0.4, 0.5) is 0 Å². The van der Waals surface area contributed by atoms with E-state index in [1.165, 1.54) is 12.1 Å². The van der Waals surface area contributed by atoms with Crippen LogP contribution in [0.25, 0.3) is 21.9 Å². The van der Waals surface area contributed by atoms with E-state index in [4.69, 9.17) is 8.83 Å². The zero-order chi connectivity index (χ0) is 24.4. The molecule has 2 aromatic carbocycles. The van der Waals surface area contributed by atoms with Gasteiger partial charge in [-0.2, -0.15) is 0 Å². The lowest BCUT2D eigenvalue weighted by atomic mass is 10.2. The molecule has 5 rings (SSSR count). The topological polar surface area (TPSA) is 113 Å². The highest BCUT2D eigenvalue weighted by Gasteiger charge is 2.24. The number of fused-ring (bicyclic) bond motifs is 2. The Kier molecular flexibility index (Phi) is 6.15. The summed E-state index contributed by atoms with van der Waals surface area (Å²) in [5, 5.41) is 3.65. The fourth-order valence-electron chi connectivity index (χ4n) is 4.17. The minimum Gasteiger partial charge on any atom is -0.451 e. The van der Waals surface area contributed by atoms with Crippen LogP contribution in [0.3, 0.4) is 0 Å². The van der Waals surface area contributed by atoms with Crippen LogP contribution < -0.4 is 16.2 Å². The van der Waals surface area contributed by atoms with Gasteiger partial charge in [-0.3, -0.25) is 24.1 Å². The van der Waals surface area contributed by atoms with E-state index < -0.39 is 5.91 Å². The second kappa shape index (κ2) is 9.55. The van der Waals surface area contributed by atoms with E-state index in [1.54, 1.807) is 53.4 Å². The van der Waals surface area contributed by atoms with Crippen molar-refractivity contribution in [2.24, 2.45) is 0 Å². The number of amides is 2. The molecule has 1 aliphatic heterocycles. The van der Waals surface area contributed by atoms with Crippen LogP contribution in [0, 0.1) is 0 Å². The minimum atomic E-state index is -0.451. The number of carbonyl (C=O) groups excluding carboxylic acids is 2. The standard InChI is InChI=1S/C26H23N3O6/c30-19-15-23(34-21-7-3-1-5-17(19)21)25(32)27-9-10-28-11-13-29(14-12-28)26(33)24-16-20(31)18-6-2-4-8-22(18)35-24/h1-8,15-16H,9-14H2,(H,27,32). The smallest absolute Gasteiger partial charge is 0.289 e. The lowest BCUT2D eigenvalue weighted by Gasteiger charge is -2.34. The maximum absolute atomic E-state index is 12.9. The molecule has 9 heteroatoms. The molecule has 1 saturated heterocycles. The van der Waals surface area contributed by atoms with Crippen molar-refractivity contribution < 1.29 is 18.4 Å². The number of benzene rings is 2. The lowest BCUT2D eigenvalue weighted by molar-refractivity contribution is 0.0607. The van der Waals surface area contributed by atoms with Crippen LogP contribution in [0.5, 0.6) is 0 Å². The highest BCUT2D eigenvalue weighted by Crippen LogP contribution is 2.15. The first kappa shape index (κ1) is 22.5. The summed E-state index contributed by atoms with van der Waals surface area (Å²) in [7, 11) is 0. The summed E-state index contributed by atoms with van der Waals surface area (Å²) in [5.41, 5.74) is 0.250. The van der Waals surface area contributed by atoms with Gasteiger partial charge < -0.3 is 19.1 Å². The van der Waals surface area contributed by atoms with E-state index in [0.29, 0.717) is 61.2 Å². The largest absolute Gasteiger partial charge is 0.451 e. The van der Waals surface area contributed by atoms with Crippen molar-refractivity contribution in [2.75, 3.05) is 39.3 Å². The second-order valence-electron chi connectivity index (χ2n) is 8.33. The number of hydrogen-bond acceptors (Lipinski definition) is 7. The van der Waals surface area contributed by atoms with E-state index in [9.17, 15) is 19.2 Å². The zero-order valence-electron chi connectivity index (χ0n) is 18.9. The number of carbonyl (C=O) groups is 2. The van der Waals surface area contributed by atoms with Gasteiger partial charge in [-0.25, -0.2) is 0 Å². The molecule has 0 saturated carbocycles. The SMILES string of the molecule is O=C(NCCN1CCN(C(=O)c2cc(=O)c3ccccc3o2)CC1)c1cc(=O)c2ccccc2o1. The quantitative estimate of drug-likeness (QED) is 0.472. The van der Waals surface area contributed by atoms with Gasteiger partial charge >= 0.3 is 0 Å². The molecular formula is C26H23N3O6. The third-order valence-electron chi connectivity index (χ3n) is 6.08. The van der Waals surface area contributed by atoms with Crippen molar-refractivity contribution in [1.82, 2.24) is 15.1 Å². The summed E-state index contributed by atoms with van der Waals surface area (Å²) in [4.78, 5) is 53.6. The molecule has 4 aromatic rings. The molecule has 0 spiro atoms. The van der Waals surface area contributed by atoms with Gasteiger partial charge in [0.25, 0.3) is 11.8 Å². The van der Waals surface area contributed by atoms with Crippen molar-refractivity contribution in [3.8, 4) is 0 Å². The number of piperazine rings is 1. The van der Waals surface area contributed by atoms with Crippen LogP contribution in [0.1, 0.15) is 21.1 Å². The van der Waals surface area contributed by atoms with E-state index in [0.717, 1.165) is 0 Å². The number of para-hydroxylation sites is 2. The molecule has 2 amide bonds. The fraction of sp³-hybridized carbons (Fsp3) is 0.231. The summed E-state index contributed by atoms with van der Waals surface area (Å²) >= 11 is 0. The number of rotatable bonds is 5. The Balaban J connectivity index is 1.14. The Bertz CT molecular complexity index is 1530. The summed E-state index contributed by atoms with van der Waals surface area (Å²) in [6.07, 6.45) is 0. The highest BCUT2D eigenvalue weighted by molar-refractivity contribution is 5.94. The van der Waals surface area contributed by atoms with Gasteiger partial charge in [-0.1, -0.05) is 24.3 Å². The van der Waals surface area contributed by atoms with Crippen LogP contribution >= 0.6 is 0 Å². The Morgan fingerprint density at radius 2 is 1.31 bits per heavy atom. The molecule has 178 valence electrons. The summed E-state index contributed by atoms with van der Waals surface area (Å²) in [6, 6.07) is 16.1. The van der Waals surface area contributed by atoms with Gasteiger partial charge in [0.2, 0.25) is 0 Å². The Labute approximate surface area is 199 Å². The summed E-state index contributed by atoms with van der Waals surface area (Å²) in [5.74, 6) is -0.757. The van der Waals surface area contributed by atoms with E-state index >= 15 is 0 Å². The monoisotopic (exact) mass is 473 g/mol. The summed E-state index contributed by atoms with van der Waals surface area (Å²) in [6.45, 7) is 3.13. The lowest BCUT2D eigenvalue weighted by Crippen LogP contribution is -2.50. The van der Waals surface area contributed by atoms with Gasteiger partial charge in [0.15, 0.2) is 22.4 Å². The molecule has 0 bridgehead atoms. The normalized spacial score (nSPS) is 14.3.